The van der Waals surface area contributed by atoms with E-state index in [2.05, 4.69) is 0 Å². The highest BCUT2D eigenvalue weighted by atomic mass is 19.1. The lowest BCUT2D eigenvalue weighted by Gasteiger charge is -2.04. The summed E-state index contributed by atoms with van der Waals surface area (Å²) in [5, 5.41) is 18.2. The first-order valence-corrected chi connectivity index (χ1v) is 4.90. The summed E-state index contributed by atoms with van der Waals surface area (Å²) in [4.78, 5) is 10.8. The summed E-state index contributed by atoms with van der Waals surface area (Å²) >= 11 is 0. The number of aromatic carboxylic acids is 1. The van der Waals surface area contributed by atoms with Crippen LogP contribution in [0.15, 0.2) is 42.5 Å². The third-order valence-electron chi connectivity index (χ3n) is 2.40. The molecule has 0 unspecified atom stereocenters. The predicted molar refractivity (Wildman–Crippen MR) is 60.5 cm³/mol. The fraction of sp³-hybridized carbons (Fsp3) is 0. The van der Waals surface area contributed by atoms with Crippen molar-refractivity contribution in [3.63, 3.8) is 0 Å². The Bertz CT molecular complexity index is 561. The highest BCUT2D eigenvalue weighted by Crippen LogP contribution is 2.26. The van der Waals surface area contributed by atoms with Crippen LogP contribution in [0.5, 0.6) is 5.75 Å². The highest BCUT2D eigenvalue weighted by molar-refractivity contribution is 5.92. The molecule has 0 aliphatic carbocycles. The number of carboxylic acids is 1. The molecular weight excluding hydrogens is 223 g/mol. The van der Waals surface area contributed by atoms with E-state index in [-0.39, 0.29) is 17.1 Å². The first kappa shape index (κ1) is 11.1. The van der Waals surface area contributed by atoms with Crippen molar-refractivity contribution in [3.05, 3.63) is 53.8 Å². The van der Waals surface area contributed by atoms with Crippen molar-refractivity contribution >= 4 is 5.97 Å². The molecule has 0 aliphatic rings. The molecule has 3 nitrogen and oxygen atoms in total. The number of aromatic hydroxyl groups is 1. The molecule has 0 amide bonds. The van der Waals surface area contributed by atoms with E-state index < -0.39 is 5.97 Å². The largest absolute Gasteiger partial charge is 0.507 e. The number of hydrogen-bond donors (Lipinski definition) is 2. The third-order valence-corrected chi connectivity index (χ3v) is 2.40. The van der Waals surface area contributed by atoms with Crippen molar-refractivity contribution in [1.29, 1.82) is 0 Å². The van der Waals surface area contributed by atoms with Gasteiger partial charge < -0.3 is 10.2 Å². The van der Waals surface area contributed by atoms with Gasteiger partial charge in [0.25, 0.3) is 0 Å². The number of carboxylic acid groups (broad SMARTS) is 1. The van der Waals surface area contributed by atoms with Crippen molar-refractivity contribution in [1.82, 2.24) is 0 Å². The van der Waals surface area contributed by atoms with E-state index in [1.807, 2.05) is 0 Å². The van der Waals surface area contributed by atoms with Crippen LogP contribution in [0, 0.1) is 5.82 Å². The van der Waals surface area contributed by atoms with Gasteiger partial charge >= 0.3 is 5.97 Å². The van der Waals surface area contributed by atoms with Crippen LogP contribution in [0.3, 0.4) is 0 Å². The molecule has 0 aromatic heterocycles. The zero-order chi connectivity index (χ0) is 12.4. The van der Waals surface area contributed by atoms with E-state index in [9.17, 15) is 14.3 Å². The maximum atomic E-state index is 12.7. The summed E-state index contributed by atoms with van der Waals surface area (Å²) in [6, 6.07) is 9.92. The highest BCUT2D eigenvalue weighted by Gasteiger charge is 2.10. The Balaban J connectivity index is 2.50. The van der Waals surface area contributed by atoms with Crippen molar-refractivity contribution in [3.8, 4) is 16.9 Å². The molecule has 0 atom stereocenters. The molecular formula is C13H9FO3. The summed E-state index contributed by atoms with van der Waals surface area (Å²) in [5.74, 6) is -1.85. The van der Waals surface area contributed by atoms with Crippen LogP contribution in [-0.4, -0.2) is 16.2 Å². The lowest BCUT2D eigenvalue weighted by Crippen LogP contribution is -1.96. The summed E-state index contributed by atoms with van der Waals surface area (Å²) < 4.78 is 12.7. The zero-order valence-electron chi connectivity index (χ0n) is 8.72. The van der Waals surface area contributed by atoms with Gasteiger partial charge in [-0.3, -0.25) is 0 Å². The van der Waals surface area contributed by atoms with E-state index in [4.69, 9.17) is 5.11 Å². The van der Waals surface area contributed by atoms with Gasteiger partial charge in [-0.2, -0.15) is 0 Å². The number of carbonyl (C=O) groups is 1. The Morgan fingerprint density at radius 2 is 1.59 bits per heavy atom. The number of phenols is 1. The lowest BCUT2D eigenvalue weighted by molar-refractivity contribution is 0.0694. The first-order valence-electron chi connectivity index (χ1n) is 4.90. The average Bonchev–Trinajstić information content (AvgIpc) is 2.30. The summed E-state index contributed by atoms with van der Waals surface area (Å²) in [7, 11) is 0. The molecule has 2 rings (SSSR count). The maximum absolute atomic E-state index is 12.7. The van der Waals surface area contributed by atoms with Gasteiger partial charge in [0, 0.05) is 0 Å². The number of halogens is 1. The minimum atomic E-state index is -1.20. The van der Waals surface area contributed by atoms with Gasteiger partial charge in [0.15, 0.2) is 0 Å². The monoisotopic (exact) mass is 232 g/mol. The fourth-order valence-corrected chi connectivity index (χ4v) is 1.53. The van der Waals surface area contributed by atoms with Crippen LogP contribution in [0.25, 0.3) is 11.1 Å². The number of hydrogen-bond acceptors (Lipinski definition) is 2. The minimum Gasteiger partial charge on any atom is -0.507 e. The van der Waals surface area contributed by atoms with Crippen molar-refractivity contribution in [2.24, 2.45) is 0 Å². The Kier molecular flexibility index (Phi) is 2.78. The second-order valence-corrected chi connectivity index (χ2v) is 3.54. The molecule has 2 aromatic rings. The van der Waals surface area contributed by atoms with Crippen molar-refractivity contribution in [2.75, 3.05) is 0 Å². The molecule has 0 bridgehead atoms. The molecule has 0 spiro atoms. The van der Waals surface area contributed by atoms with Gasteiger partial charge in [-0.1, -0.05) is 18.2 Å². The molecule has 2 N–H and O–H groups in total. The fourth-order valence-electron chi connectivity index (χ4n) is 1.53. The lowest BCUT2D eigenvalue weighted by atomic mass is 10.0. The molecule has 0 fully saturated rings. The molecule has 86 valence electrons. The van der Waals surface area contributed by atoms with E-state index >= 15 is 0 Å². The molecule has 17 heavy (non-hydrogen) atoms. The van der Waals surface area contributed by atoms with Gasteiger partial charge in [0.1, 0.15) is 17.1 Å². The van der Waals surface area contributed by atoms with Gasteiger partial charge in [0.2, 0.25) is 0 Å². The predicted octanol–water partition coefficient (Wildman–Crippen LogP) is 2.90. The standard InChI is InChI=1S/C13H9FO3/c14-10-4-1-8(2-5-10)9-3-6-12(15)11(7-9)13(16)17/h1-7,15H,(H,16,17). The van der Waals surface area contributed by atoms with Crippen LogP contribution in [0.1, 0.15) is 10.4 Å². The Hall–Kier alpha value is -2.36. The van der Waals surface area contributed by atoms with Crippen LogP contribution in [0.4, 0.5) is 4.39 Å². The first-order chi connectivity index (χ1) is 8.08. The number of benzene rings is 2. The van der Waals surface area contributed by atoms with Gasteiger partial charge in [-0.25, -0.2) is 9.18 Å². The van der Waals surface area contributed by atoms with Crippen LogP contribution in [-0.2, 0) is 0 Å². The van der Waals surface area contributed by atoms with Gasteiger partial charge in [0.05, 0.1) is 0 Å². The second-order valence-electron chi connectivity index (χ2n) is 3.54. The third kappa shape index (κ3) is 2.25. The van der Waals surface area contributed by atoms with E-state index in [1.54, 1.807) is 18.2 Å². The van der Waals surface area contributed by atoms with Gasteiger partial charge in [-0.15, -0.1) is 0 Å². The quantitative estimate of drug-likeness (QED) is 0.836. The molecule has 0 aliphatic heterocycles. The molecule has 0 radical (unpaired) electrons. The molecule has 0 heterocycles. The summed E-state index contributed by atoms with van der Waals surface area (Å²) in [5.41, 5.74) is 1.13. The van der Waals surface area contributed by atoms with Crippen molar-refractivity contribution < 1.29 is 19.4 Å². The smallest absolute Gasteiger partial charge is 0.339 e. The molecule has 0 saturated heterocycles. The van der Waals surface area contributed by atoms with Crippen LogP contribution < -0.4 is 0 Å². The molecule has 4 heteroatoms. The Labute approximate surface area is 96.8 Å². The number of rotatable bonds is 2. The topological polar surface area (TPSA) is 57.5 Å². The SMILES string of the molecule is O=C(O)c1cc(-c2ccc(F)cc2)ccc1O. The van der Waals surface area contributed by atoms with E-state index in [1.165, 1.54) is 24.3 Å². The maximum Gasteiger partial charge on any atom is 0.339 e. The average molecular weight is 232 g/mol. The van der Waals surface area contributed by atoms with Crippen molar-refractivity contribution in [2.45, 2.75) is 0 Å². The minimum absolute atomic E-state index is 0.174. The van der Waals surface area contributed by atoms with Crippen LogP contribution in [0.2, 0.25) is 0 Å². The zero-order valence-corrected chi connectivity index (χ0v) is 8.72. The summed E-state index contributed by atoms with van der Waals surface area (Å²) in [6.45, 7) is 0. The van der Waals surface area contributed by atoms with E-state index in [0.717, 1.165) is 0 Å². The molecule has 0 saturated carbocycles. The normalized spacial score (nSPS) is 10.2. The summed E-state index contributed by atoms with van der Waals surface area (Å²) in [6.07, 6.45) is 0. The molecule has 2 aromatic carbocycles. The second kappa shape index (κ2) is 4.25. The van der Waals surface area contributed by atoms with Gasteiger partial charge in [-0.05, 0) is 35.4 Å². The Morgan fingerprint density at radius 3 is 2.18 bits per heavy atom. The van der Waals surface area contributed by atoms with Crippen LogP contribution >= 0.6 is 0 Å². The van der Waals surface area contributed by atoms with E-state index in [0.29, 0.717) is 11.1 Å². The Morgan fingerprint density at radius 1 is 1.00 bits per heavy atom.